The van der Waals surface area contributed by atoms with Crippen LogP contribution < -0.4 is 15.5 Å². The molecule has 0 aliphatic carbocycles. The van der Waals surface area contributed by atoms with E-state index in [9.17, 15) is 9.59 Å². The number of aryl methyl sites for hydroxylation is 1. The van der Waals surface area contributed by atoms with E-state index in [0.29, 0.717) is 25.6 Å². The maximum Gasteiger partial charge on any atom is 0.307 e. The molecule has 0 aromatic carbocycles. The van der Waals surface area contributed by atoms with Crippen molar-refractivity contribution < 1.29 is 4.79 Å². The Morgan fingerprint density at radius 3 is 2.80 bits per heavy atom. The van der Waals surface area contributed by atoms with Gasteiger partial charge in [-0.2, -0.15) is 0 Å². The summed E-state index contributed by atoms with van der Waals surface area (Å²) >= 11 is 1.25. The van der Waals surface area contributed by atoms with Crippen LogP contribution in [0.1, 0.15) is 29.8 Å². The van der Waals surface area contributed by atoms with Crippen molar-refractivity contribution in [3.63, 3.8) is 0 Å². The number of halogens is 1. The van der Waals surface area contributed by atoms with Crippen molar-refractivity contribution in [3.05, 3.63) is 20.2 Å². The third kappa shape index (κ3) is 4.33. The van der Waals surface area contributed by atoms with Gasteiger partial charge in [-0.15, -0.1) is 12.4 Å². The topological polar surface area (TPSA) is 63.1 Å². The minimum Gasteiger partial charge on any atom is -0.354 e. The number of amides is 1. The van der Waals surface area contributed by atoms with Gasteiger partial charge in [0.15, 0.2) is 0 Å². The first-order valence-electron chi connectivity index (χ1n) is 6.75. The van der Waals surface area contributed by atoms with Crippen LogP contribution in [0.3, 0.4) is 0 Å². The second-order valence-corrected chi connectivity index (χ2v) is 6.17. The summed E-state index contributed by atoms with van der Waals surface area (Å²) in [4.78, 5) is 24.5. The van der Waals surface area contributed by atoms with E-state index in [0.717, 1.165) is 23.5 Å². The summed E-state index contributed by atoms with van der Waals surface area (Å²) in [6.45, 7) is 6.06. The molecule has 0 spiro atoms. The molecule has 2 heterocycles. The lowest BCUT2D eigenvalue weighted by Gasteiger charge is -2.11. The SMILES string of the molecule is Cc1sc(=O)n(CCC(=O)NCC2CCCN2)c1C.Cl. The van der Waals surface area contributed by atoms with Crippen LogP contribution in [0.15, 0.2) is 4.79 Å². The molecule has 1 fully saturated rings. The largest absolute Gasteiger partial charge is 0.354 e. The Kier molecular flexibility index (Phi) is 6.71. The molecule has 7 heteroatoms. The molecule has 0 bridgehead atoms. The molecule has 0 saturated carbocycles. The first-order valence-corrected chi connectivity index (χ1v) is 7.56. The Hall–Kier alpha value is -0.850. The number of aromatic nitrogens is 1. The van der Waals surface area contributed by atoms with Gasteiger partial charge in [0.05, 0.1) is 0 Å². The number of nitrogens with one attached hydrogen (secondary N) is 2. The quantitative estimate of drug-likeness (QED) is 0.857. The maximum absolute atomic E-state index is 11.8. The second kappa shape index (κ2) is 7.81. The molecule has 5 nitrogen and oxygen atoms in total. The van der Waals surface area contributed by atoms with Crippen molar-refractivity contribution in [2.75, 3.05) is 13.1 Å². The monoisotopic (exact) mass is 319 g/mol. The van der Waals surface area contributed by atoms with Crippen LogP contribution in [0.2, 0.25) is 0 Å². The summed E-state index contributed by atoms with van der Waals surface area (Å²) in [5, 5.41) is 6.27. The predicted molar refractivity (Wildman–Crippen MR) is 84.0 cm³/mol. The molecule has 0 radical (unpaired) electrons. The predicted octanol–water partition coefficient (Wildman–Crippen LogP) is 1.21. The van der Waals surface area contributed by atoms with Crippen LogP contribution in [0.4, 0.5) is 0 Å². The van der Waals surface area contributed by atoms with Gasteiger partial charge in [0.1, 0.15) is 0 Å². The van der Waals surface area contributed by atoms with Crippen molar-refractivity contribution in [2.24, 2.45) is 0 Å². The van der Waals surface area contributed by atoms with Crippen molar-refractivity contribution >= 4 is 29.7 Å². The fourth-order valence-corrected chi connectivity index (χ4v) is 3.17. The second-order valence-electron chi connectivity index (χ2n) is 5.01. The molecule has 114 valence electrons. The highest BCUT2D eigenvalue weighted by Gasteiger charge is 2.15. The molecular weight excluding hydrogens is 298 g/mol. The van der Waals surface area contributed by atoms with Crippen LogP contribution in [-0.2, 0) is 11.3 Å². The zero-order chi connectivity index (χ0) is 13.8. The van der Waals surface area contributed by atoms with Gasteiger partial charge in [-0.05, 0) is 33.2 Å². The van der Waals surface area contributed by atoms with Crippen LogP contribution in [-0.4, -0.2) is 29.6 Å². The Labute approximate surface area is 129 Å². The van der Waals surface area contributed by atoms with E-state index in [2.05, 4.69) is 10.6 Å². The van der Waals surface area contributed by atoms with Crippen LogP contribution in [0.25, 0.3) is 0 Å². The average Bonchev–Trinajstić information content (AvgIpc) is 2.96. The zero-order valence-corrected chi connectivity index (χ0v) is 13.5. The van der Waals surface area contributed by atoms with Gasteiger partial charge in [0.25, 0.3) is 0 Å². The zero-order valence-electron chi connectivity index (χ0n) is 11.9. The molecule has 1 saturated heterocycles. The third-order valence-electron chi connectivity index (χ3n) is 3.65. The summed E-state index contributed by atoms with van der Waals surface area (Å²) in [6, 6.07) is 0.414. The van der Waals surface area contributed by atoms with Gasteiger partial charge in [0, 0.05) is 36.1 Å². The Bertz CT molecular complexity index is 506. The number of carbonyl (C=O) groups is 1. The summed E-state index contributed by atoms with van der Waals surface area (Å²) in [7, 11) is 0. The number of rotatable bonds is 5. The van der Waals surface area contributed by atoms with E-state index in [-0.39, 0.29) is 23.2 Å². The molecule has 1 aliphatic heterocycles. The summed E-state index contributed by atoms with van der Waals surface area (Å²) < 4.78 is 1.69. The fraction of sp³-hybridized carbons (Fsp3) is 0.692. The summed E-state index contributed by atoms with van der Waals surface area (Å²) in [5.74, 6) is 0.0175. The minimum atomic E-state index is 0. The van der Waals surface area contributed by atoms with Crippen LogP contribution >= 0.6 is 23.7 Å². The standard InChI is InChI=1S/C13H21N3O2S.ClH/c1-9-10(2)19-13(18)16(9)7-5-12(17)15-8-11-4-3-6-14-11;/h11,14H,3-8H2,1-2H3,(H,15,17);1H. The van der Waals surface area contributed by atoms with Crippen LogP contribution in [0, 0.1) is 13.8 Å². The fourth-order valence-electron chi connectivity index (χ4n) is 2.32. The number of hydrogen-bond donors (Lipinski definition) is 2. The molecular formula is C13H22ClN3O2S. The molecule has 1 atom stereocenters. The smallest absolute Gasteiger partial charge is 0.307 e. The van der Waals surface area contributed by atoms with E-state index in [4.69, 9.17) is 0 Å². The van der Waals surface area contributed by atoms with Crippen molar-refractivity contribution in [1.82, 2.24) is 15.2 Å². The highest BCUT2D eigenvalue weighted by Crippen LogP contribution is 2.09. The van der Waals surface area contributed by atoms with Crippen LogP contribution in [0.5, 0.6) is 0 Å². The molecule has 1 unspecified atom stereocenters. The molecule has 1 aromatic heterocycles. The number of thiazole rings is 1. The Morgan fingerprint density at radius 2 is 2.25 bits per heavy atom. The lowest BCUT2D eigenvalue weighted by atomic mass is 10.2. The van der Waals surface area contributed by atoms with E-state index in [1.807, 2.05) is 13.8 Å². The summed E-state index contributed by atoms with van der Waals surface area (Å²) in [6.07, 6.45) is 2.68. The number of hydrogen-bond acceptors (Lipinski definition) is 4. The van der Waals surface area contributed by atoms with Crippen molar-refractivity contribution in [2.45, 2.75) is 45.7 Å². The Morgan fingerprint density at radius 1 is 1.50 bits per heavy atom. The van der Waals surface area contributed by atoms with Gasteiger partial charge in [-0.1, -0.05) is 11.3 Å². The number of nitrogens with zero attached hydrogens (tertiary/aromatic N) is 1. The normalized spacial score (nSPS) is 17.8. The van der Waals surface area contributed by atoms with E-state index in [1.54, 1.807) is 4.57 Å². The van der Waals surface area contributed by atoms with Gasteiger partial charge >= 0.3 is 4.87 Å². The van der Waals surface area contributed by atoms with Gasteiger partial charge < -0.3 is 15.2 Å². The lowest BCUT2D eigenvalue weighted by Crippen LogP contribution is -2.37. The molecule has 1 aromatic rings. The highest BCUT2D eigenvalue weighted by molar-refractivity contribution is 7.09. The first kappa shape index (κ1) is 17.2. The Balaban J connectivity index is 0.00000200. The first-order chi connectivity index (χ1) is 9.08. The van der Waals surface area contributed by atoms with E-state index < -0.39 is 0 Å². The molecule has 2 rings (SSSR count). The average molecular weight is 320 g/mol. The molecule has 1 aliphatic rings. The van der Waals surface area contributed by atoms with Gasteiger partial charge in [0.2, 0.25) is 5.91 Å². The van der Waals surface area contributed by atoms with E-state index >= 15 is 0 Å². The van der Waals surface area contributed by atoms with Gasteiger partial charge in [-0.3, -0.25) is 9.59 Å². The van der Waals surface area contributed by atoms with Crippen molar-refractivity contribution in [1.29, 1.82) is 0 Å². The van der Waals surface area contributed by atoms with E-state index in [1.165, 1.54) is 17.8 Å². The van der Waals surface area contributed by atoms with Crippen molar-refractivity contribution in [3.8, 4) is 0 Å². The van der Waals surface area contributed by atoms with Gasteiger partial charge in [-0.25, -0.2) is 0 Å². The molecule has 1 amide bonds. The lowest BCUT2D eigenvalue weighted by molar-refractivity contribution is -0.121. The third-order valence-corrected chi connectivity index (χ3v) is 4.64. The number of carbonyl (C=O) groups excluding carboxylic acids is 1. The highest BCUT2D eigenvalue weighted by atomic mass is 35.5. The summed E-state index contributed by atoms with van der Waals surface area (Å²) in [5.41, 5.74) is 0.972. The minimum absolute atomic E-state index is 0. The molecule has 2 N–H and O–H groups in total. The molecule has 20 heavy (non-hydrogen) atoms. The maximum atomic E-state index is 11.8.